The minimum atomic E-state index is -1.33. The van der Waals surface area contributed by atoms with Gasteiger partial charge in [0, 0.05) is 34.5 Å². The van der Waals surface area contributed by atoms with Crippen LogP contribution in [-0.2, 0) is 15.1 Å². The topological polar surface area (TPSA) is 131 Å². The summed E-state index contributed by atoms with van der Waals surface area (Å²) >= 11 is 0. The van der Waals surface area contributed by atoms with Gasteiger partial charge >= 0.3 is 5.97 Å². The van der Waals surface area contributed by atoms with E-state index in [0.29, 0.717) is 33.9 Å². The summed E-state index contributed by atoms with van der Waals surface area (Å²) in [5.41, 5.74) is 6.59. The minimum absolute atomic E-state index is 0.0176. The van der Waals surface area contributed by atoms with Gasteiger partial charge < -0.3 is 30.7 Å². The fraction of sp³-hybridized carbons (Fsp3) is 0.130. The third kappa shape index (κ3) is 2.72. The van der Waals surface area contributed by atoms with Gasteiger partial charge in [-0.1, -0.05) is 6.07 Å². The van der Waals surface area contributed by atoms with Crippen molar-refractivity contribution in [2.45, 2.75) is 18.6 Å². The molecule has 2 aliphatic rings. The van der Waals surface area contributed by atoms with Crippen molar-refractivity contribution in [3.05, 3.63) is 76.9 Å². The van der Waals surface area contributed by atoms with Crippen LogP contribution in [-0.4, -0.2) is 28.1 Å². The molecule has 5 rings (SSSR count). The highest BCUT2D eigenvalue weighted by Crippen LogP contribution is 2.57. The molecule has 0 bridgehead atoms. The van der Waals surface area contributed by atoms with E-state index in [1.165, 1.54) is 24.3 Å². The molecular weight excluding hydrogens is 400 g/mol. The van der Waals surface area contributed by atoms with E-state index < -0.39 is 17.6 Å². The molecule has 0 fully saturated rings. The summed E-state index contributed by atoms with van der Waals surface area (Å²) in [6.07, 6.45) is 0. The lowest BCUT2D eigenvalue weighted by Crippen LogP contribution is -2.33. The zero-order chi connectivity index (χ0) is 21.9. The first-order chi connectivity index (χ1) is 14.8. The Morgan fingerprint density at radius 3 is 2.13 bits per heavy atom. The van der Waals surface area contributed by atoms with Gasteiger partial charge in [0.1, 0.15) is 23.0 Å². The van der Waals surface area contributed by atoms with E-state index in [9.17, 15) is 19.8 Å². The molecule has 2 aliphatic heterocycles. The van der Waals surface area contributed by atoms with Gasteiger partial charge in [-0.2, -0.15) is 0 Å². The van der Waals surface area contributed by atoms with Crippen LogP contribution in [0.3, 0.4) is 0 Å². The Labute approximate surface area is 176 Å². The third-order valence-electron chi connectivity index (χ3n) is 5.45. The van der Waals surface area contributed by atoms with Crippen LogP contribution in [0.25, 0.3) is 0 Å². The molecule has 0 saturated carbocycles. The second-order valence-corrected chi connectivity index (χ2v) is 7.57. The zero-order valence-electron chi connectivity index (χ0n) is 16.4. The molecule has 0 radical (unpaired) electrons. The summed E-state index contributed by atoms with van der Waals surface area (Å²) < 4.78 is 11.9. The first-order valence-electron chi connectivity index (χ1n) is 9.59. The molecular formula is C23H18N2O6. The molecule has 0 aromatic heterocycles. The van der Waals surface area contributed by atoms with Crippen molar-refractivity contribution in [1.29, 1.82) is 0 Å². The first-order valence-corrected chi connectivity index (χ1v) is 9.59. The number of phenols is 2. The molecule has 3 aromatic rings. The number of rotatable bonds is 2. The van der Waals surface area contributed by atoms with Crippen LogP contribution >= 0.6 is 0 Å². The summed E-state index contributed by atoms with van der Waals surface area (Å²) in [7, 11) is 0. The van der Waals surface area contributed by atoms with Gasteiger partial charge in [-0.05, 0) is 43.3 Å². The fourth-order valence-electron chi connectivity index (χ4n) is 4.04. The maximum atomic E-state index is 13.0. The number of nitrogens with two attached hydrogens (primary N) is 1. The quantitative estimate of drug-likeness (QED) is 0.471. The lowest BCUT2D eigenvalue weighted by molar-refractivity contribution is -0.117. The number of phenolic OH excluding ortho intramolecular Hbond substituents is 2. The van der Waals surface area contributed by atoms with E-state index in [1.54, 1.807) is 37.3 Å². The number of carbonyl (C=O) groups excluding carboxylic acids is 2. The average Bonchev–Trinajstić information content (AvgIpc) is 3.00. The zero-order valence-corrected chi connectivity index (χ0v) is 16.4. The average molecular weight is 418 g/mol. The van der Waals surface area contributed by atoms with E-state index in [2.05, 4.69) is 5.32 Å². The van der Waals surface area contributed by atoms with Gasteiger partial charge in [-0.15, -0.1) is 0 Å². The molecule has 31 heavy (non-hydrogen) atoms. The molecule has 1 amide bonds. The van der Waals surface area contributed by atoms with Crippen molar-refractivity contribution in [3.8, 4) is 23.0 Å². The lowest BCUT2D eigenvalue weighted by atomic mass is 9.77. The van der Waals surface area contributed by atoms with Gasteiger partial charge in [-0.25, -0.2) is 4.79 Å². The maximum Gasteiger partial charge on any atom is 0.340 e. The van der Waals surface area contributed by atoms with Gasteiger partial charge in [0.25, 0.3) is 0 Å². The highest BCUT2D eigenvalue weighted by molar-refractivity contribution is 6.00. The number of carbonyl (C=O) groups is 2. The molecule has 0 aliphatic carbocycles. The normalized spacial score (nSPS) is 15.9. The molecule has 1 unspecified atom stereocenters. The van der Waals surface area contributed by atoms with Crippen molar-refractivity contribution in [1.82, 2.24) is 0 Å². The van der Waals surface area contributed by atoms with Crippen LogP contribution < -0.4 is 15.8 Å². The Kier molecular flexibility index (Phi) is 3.96. The van der Waals surface area contributed by atoms with Gasteiger partial charge in [0.05, 0.1) is 11.6 Å². The molecule has 2 heterocycles. The van der Waals surface area contributed by atoms with Crippen LogP contribution in [0.4, 0.5) is 5.69 Å². The number of aromatic hydroxyl groups is 2. The molecule has 8 heteroatoms. The minimum Gasteiger partial charge on any atom is -0.508 e. The van der Waals surface area contributed by atoms with Crippen molar-refractivity contribution in [2.24, 2.45) is 5.73 Å². The van der Waals surface area contributed by atoms with Crippen molar-refractivity contribution in [3.63, 3.8) is 0 Å². The van der Waals surface area contributed by atoms with Crippen LogP contribution in [0.2, 0.25) is 0 Å². The fourth-order valence-corrected chi connectivity index (χ4v) is 4.04. The SMILES string of the molecule is CC(N)C(=O)Nc1ccc2c(c1)C(=O)OC21c2ccc(O)cc2Oc2cc(O)ccc21. The maximum absolute atomic E-state index is 13.0. The second-order valence-electron chi connectivity index (χ2n) is 7.57. The van der Waals surface area contributed by atoms with Crippen LogP contribution in [0.5, 0.6) is 23.0 Å². The number of nitrogens with one attached hydrogen (secondary N) is 1. The summed E-state index contributed by atoms with van der Waals surface area (Å²) in [5.74, 6) is -0.395. The van der Waals surface area contributed by atoms with Crippen molar-refractivity contribution in [2.75, 3.05) is 5.32 Å². The highest BCUT2D eigenvalue weighted by Gasteiger charge is 2.53. The monoisotopic (exact) mass is 418 g/mol. The van der Waals surface area contributed by atoms with Crippen LogP contribution in [0.1, 0.15) is 34.0 Å². The Balaban J connectivity index is 1.73. The van der Waals surface area contributed by atoms with Crippen molar-refractivity contribution < 1.29 is 29.3 Å². The third-order valence-corrected chi connectivity index (χ3v) is 5.45. The molecule has 1 atom stereocenters. The smallest absolute Gasteiger partial charge is 0.340 e. The van der Waals surface area contributed by atoms with E-state index in [4.69, 9.17) is 15.2 Å². The molecule has 156 valence electrons. The first kappa shape index (κ1) is 19.0. The number of anilines is 1. The summed E-state index contributed by atoms with van der Waals surface area (Å²) in [5, 5.41) is 22.6. The number of benzene rings is 3. The number of ether oxygens (including phenoxy) is 2. The number of fused-ring (bicyclic) bond motifs is 6. The number of esters is 1. The predicted molar refractivity (Wildman–Crippen MR) is 110 cm³/mol. The van der Waals surface area contributed by atoms with Gasteiger partial charge in [-0.3, -0.25) is 4.79 Å². The molecule has 0 saturated heterocycles. The van der Waals surface area contributed by atoms with Crippen molar-refractivity contribution >= 4 is 17.6 Å². The Morgan fingerprint density at radius 2 is 1.55 bits per heavy atom. The van der Waals surface area contributed by atoms with Gasteiger partial charge in [0.2, 0.25) is 5.91 Å². The van der Waals surface area contributed by atoms with Gasteiger partial charge in [0.15, 0.2) is 5.60 Å². The Hall–Kier alpha value is -4.04. The van der Waals surface area contributed by atoms with E-state index in [-0.39, 0.29) is 23.0 Å². The summed E-state index contributed by atoms with van der Waals surface area (Å²) in [6.45, 7) is 1.56. The summed E-state index contributed by atoms with van der Waals surface area (Å²) in [6, 6.07) is 13.3. The molecule has 8 nitrogen and oxygen atoms in total. The predicted octanol–water partition coefficient (Wildman–Crippen LogP) is 2.95. The number of hydrogen-bond acceptors (Lipinski definition) is 7. The largest absolute Gasteiger partial charge is 0.508 e. The Bertz CT molecular complexity index is 1220. The highest BCUT2D eigenvalue weighted by atomic mass is 16.6. The molecule has 5 N–H and O–H groups in total. The Morgan fingerprint density at radius 1 is 0.968 bits per heavy atom. The van der Waals surface area contributed by atoms with Crippen LogP contribution in [0, 0.1) is 0 Å². The lowest BCUT2D eigenvalue weighted by Gasteiger charge is -2.36. The standard InChI is InChI=1S/C23H18N2O6/c1-11(24)21(28)25-12-2-5-16-15(8-12)22(29)31-23(16)17-6-3-13(26)9-19(17)30-20-10-14(27)4-7-18(20)23/h2-11,26-27H,24H2,1H3,(H,25,28). The van der Waals surface area contributed by atoms with E-state index in [0.717, 1.165) is 0 Å². The number of hydrogen-bond donors (Lipinski definition) is 4. The summed E-state index contributed by atoms with van der Waals surface area (Å²) in [4.78, 5) is 24.9. The number of amides is 1. The molecule has 1 spiro atoms. The second kappa shape index (κ2) is 6.48. The van der Waals surface area contributed by atoms with E-state index >= 15 is 0 Å². The molecule has 3 aromatic carbocycles. The van der Waals surface area contributed by atoms with Crippen LogP contribution in [0.15, 0.2) is 54.6 Å². The van der Waals surface area contributed by atoms with E-state index in [1.807, 2.05) is 0 Å².